The molecule has 0 aliphatic carbocycles. The summed E-state index contributed by atoms with van der Waals surface area (Å²) >= 11 is 0. The average Bonchev–Trinajstić information content (AvgIpc) is 2.99. The van der Waals surface area contributed by atoms with Crippen LogP contribution in [-0.4, -0.2) is 47.3 Å². The van der Waals surface area contributed by atoms with Crippen molar-refractivity contribution in [1.82, 2.24) is 15.5 Å². The summed E-state index contributed by atoms with van der Waals surface area (Å²) in [5, 5.41) is 5.73. The highest BCUT2D eigenvalue weighted by Crippen LogP contribution is 2.26. The lowest BCUT2D eigenvalue weighted by molar-refractivity contribution is -0.139. The minimum absolute atomic E-state index is 0.0399. The van der Waals surface area contributed by atoms with Crippen molar-refractivity contribution in [3.8, 4) is 0 Å². The van der Waals surface area contributed by atoms with E-state index in [9.17, 15) is 14.4 Å². The predicted octanol–water partition coefficient (Wildman–Crippen LogP) is 2.95. The Bertz CT molecular complexity index is 656. The van der Waals surface area contributed by atoms with Crippen molar-refractivity contribution in [2.24, 2.45) is 5.41 Å². The van der Waals surface area contributed by atoms with E-state index in [1.54, 1.807) is 19.9 Å². The number of nitrogens with one attached hydrogen (secondary N) is 2. The van der Waals surface area contributed by atoms with Crippen LogP contribution in [0.25, 0.3) is 0 Å². The molecular weight excluding hydrogens is 354 g/mol. The summed E-state index contributed by atoms with van der Waals surface area (Å²) in [6, 6.07) is -0.248. The summed E-state index contributed by atoms with van der Waals surface area (Å²) in [5.74, 6) is -0.205. The molecule has 0 aromatic heterocycles. The Morgan fingerprint density at radius 3 is 2.11 bits per heavy atom. The van der Waals surface area contributed by atoms with Gasteiger partial charge in [-0.25, -0.2) is 0 Å². The van der Waals surface area contributed by atoms with E-state index in [1.165, 1.54) is 0 Å². The lowest BCUT2D eigenvalue weighted by Gasteiger charge is -2.29. The van der Waals surface area contributed by atoms with Crippen molar-refractivity contribution in [2.45, 2.75) is 86.4 Å². The van der Waals surface area contributed by atoms with Crippen LogP contribution in [0.1, 0.15) is 68.2 Å². The van der Waals surface area contributed by atoms with Crippen LogP contribution in [-0.2, 0) is 14.4 Å². The van der Waals surface area contributed by atoms with Crippen LogP contribution in [0.5, 0.6) is 0 Å². The third kappa shape index (κ3) is 7.13. The molecule has 1 fully saturated rings. The van der Waals surface area contributed by atoms with E-state index in [2.05, 4.69) is 10.6 Å². The monoisotopic (exact) mass is 391 g/mol. The summed E-state index contributed by atoms with van der Waals surface area (Å²) in [7, 11) is 0. The van der Waals surface area contributed by atoms with Crippen LogP contribution in [0.2, 0.25) is 0 Å². The first-order valence-corrected chi connectivity index (χ1v) is 10.1. The number of nitrogens with zero attached hydrogens (tertiary/aromatic N) is 1. The predicted molar refractivity (Wildman–Crippen MR) is 113 cm³/mol. The summed E-state index contributed by atoms with van der Waals surface area (Å²) in [4.78, 5) is 39.0. The fraction of sp³-hybridized carbons (Fsp3) is 0.682. The highest BCUT2D eigenvalue weighted by atomic mass is 16.2. The molecule has 0 radical (unpaired) electrons. The molecule has 0 spiro atoms. The fourth-order valence-electron chi connectivity index (χ4n) is 3.20. The van der Waals surface area contributed by atoms with Gasteiger partial charge in [-0.1, -0.05) is 32.9 Å². The molecule has 2 N–H and O–H groups in total. The second kappa shape index (κ2) is 9.89. The molecule has 0 aromatic carbocycles. The highest BCUT2D eigenvalue weighted by Gasteiger charge is 2.34. The molecule has 6 nitrogen and oxygen atoms in total. The van der Waals surface area contributed by atoms with Gasteiger partial charge in [0.15, 0.2) is 0 Å². The smallest absolute Gasteiger partial charge is 0.247 e. The van der Waals surface area contributed by atoms with Gasteiger partial charge in [-0.15, -0.1) is 0 Å². The molecule has 1 saturated heterocycles. The number of carbonyl (C=O) groups excluding carboxylic acids is 3. The van der Waals surface area contributed by atoms with Gasteiger partial charge in [0.25, 0.3) is 0 Å². The first kappa shape index (κ1) is 23.9. The van der Waals surface area contributed by atoms with Crippen molar-refractivity contribution in [3.63, 3.8) is 0 Å². The van der Waals surface area contributed by atoms with Gasteiger partial charge < -0.3 is 15.5 Å². The molecule has 6 heteroatoms. The van der Waals surface area contributed by atoms with Crippen LogP contribution >= 0.6 is 0 Å². The molecule has 1 aliphatic heterocycles. The van der Waals surface area contributed by atoms with Crippen molar-refractivity contribution < 1.29 is 14.4 Å². The average molecular weight is 392 g/mol. The summed E-state index contributed by atoms with van der Waals surface area (Å²) in [6.45, 7) is 15.6. The number of amides is 3. The third-order valence-electron chi connectivity index (χ3n) is 4.64. The number of hydrogen-bond donors (Lipinski definition) is 2. The maximum atomic E-state index is 12.6. The quantitative estimate of drug-likeness (QED) is 0.683. The molecule has 1 rings (SSSR count). The highest BCUT2D eigenvalue weighted by molar-refractivity contribution is 5.94. The van der Waals surface area contributed by atoms with Crippen molar-refractivity contribution in [2.75, 3.05) is 6.54 Å². The molecule has 0 saturated carbocycles. The first-order chi connectivity index (χ1) is 12.8. The number of likely N-dealkylation sites (tertiary alicyclic amines) is 1. The van der Waals surface area contributed by atoms with E-state index in [0.717, 1.165) is 19.4 Å². The standard InChI is InChI=1S/C22H37N3O3/c1-14(2)23-19(26)15(3)12-17(5)24-20(27)16(4)13-18-10-9-11-25(18)21(28)22(6,7)8/h12-14,17-18H,9-11H2,1-8H3,(H,23,26)(H,24,27)/b15-12+,16-13+/t17-,18-/m0/s1. The topological polar surface area (TPSA) is 78.5 Å². The molecule has 1 heterocycles. The molecule has 0 unspecified atom stereocenters. The second-order valence-corrected chi connectivity index (χ2v) is 9.05. The number of hydrogen-bond acceptors (Lipinski definition) is 3. The van der Waals surface area contributed by atoms with Crippen LogP contribution in [0.4, 0.5) is 0 Å². The molecule has 158 valence electrons. The van der Waals surface area contributed by atoms with E-state index in [1.807, 2.05) is 52.5 Å². The van der Waals surface area contributed by atoms with E-state index < -0.39 is 5.41 Å². The Labute approximate surface area is 169 Å². The van der Waals surface area contributed by atoms with Crippen molar-refractivity contribution >= 4 is 17.7 Å². The van der Waals surface area contributed by atoms with E-state index in [0.29, 0.717) is 11.1 Å². The number of rotatable bonds is 6. The second-order valence-electron chi connectivity index (χ2n) is 9.05. The zero-order valence-electron chi connectivity index (χ0n) is 18.7. The normalized spacial score (nSPS) is 19.6. The Hall–Kier alpha value is -2.11. The summed E-state index contributed by atoms with van der Waals surface area (Å²) in [6.07, 6.45) is 5.45. The zero-order chi connectivity index (χ0) is 21.6. The Kier molecular flexibility index (Phi) is 8.46. The maximum absolute atomic E-state index is 12.6. The summed E-state index contributed by atoms with van der Waals surface area (Å²) < 4.78 is 0. The van der Waals surface area contributed by atoms with Gasteiger partial charge >= 0.3 is 0 Å². The molecule has 2 atom stereocenters. The minimum atomic E-state index is -0.431. The van der Waals surface area contributed by atoms with Crippen molar-refractivity contribution in [3.05, 3.63) is 23.3 Å². The van der Waals surface area contributed by atoms with Gasteiger partial charge in [-0.3, -0.25) is 14.4 Å². The molecule has 3 amide bonds. The largest absolute Gasteiger partial charge is 0.350 e. The van der Waals surface area contributed by atoms with Crippen LogP contribution < -0.4 is 10.6 Å². The zero-order valence-corrected chi connectivity index (χ0v) is 18.7. The molecule has 28 heavy (non-hydrogen) atoms. The SMILES string of the molecule is C/C(=C\[C@H](C)NC(=O)/C(C)=C/[C@@H]1CCCN1C(=O)C(C)(C)C)C(=O)NC(C)C. The van der Waals surface area contributed by atoms with Gasteiger partial charge in [0.2, 0.25) is 17.7 Å². The van der Waals surface area contributed by atoms with Crippen LogP contribution in [0, 0.1) is 5.41 Å². The Balaban J connectivity index is 2.75. The first-order valence-electron chi connectivity index (χ1n) is 10.1. The lowest BCUT2D eigenvalue weighted by atomic mass is 9.94. The van der Waals surface area contributed by atoms with Gasteiger partial charge in [0.1, 0.15) is 0 Å². The fourth-order valence-corrected chi connectivity index (χ4v) is 3.20. The van der Waals surface area contributed by atoms with Gasteiger partial charge in [-0.05, 0) is 47.5 Å². The van der Waals surface area contributed by atoms with Gasteiger partial charge in [0.05, 0.1) is 6.04 Å². The third-order valence-corrected chi connectivity index (χ3v) is 4.64. The molecule has 0 aromatic rings. The van der Waals surface area contributed by atoms with Gasteiger partial charge in [0, 0.05) is 35.2 Å². The lowest BCUT2D eigenvalue weighted by Crippen LogP contribution is -2.42. The van der Waals surface area contributed by atoms with E-state index in [4.69, 9.17) is 0 Å². The minimum Gasteiger partial charge on any atom is -0.350 e. The number of carbonyl (C=O) groups is 3. The molecular formula is C22H37N3O3. The maximum Gasteiger partial charge on any atom is 0.247 e. The van der Waals surface area contributed by atoms with E-state index >= 15 is 0 Å². The Morgan fingerprint density at radius 2 is 1.57 bits per heavy atom. The van der Waals surface area contributed by atoms with Crippen molar-refractivity contribution in [1.29, 1.82) is 0 Å². The molecule has 0 bridgehead atoms. The molecule has 1 aliphatic rings. The Morgan fingerprint density at radius 1 is 1.00 bits per heavy atom. The van der Waals surface area contributed by atoms with Crippen LogP contribution in [0.15, 0.2) is 23.3 Å². The summed E-state index contributed by atoms with van der Waals surface area (Å²) in [5.41, 5.74) is 0.726. The van der Waals surface area contributed by atoms with Gasteiger partial charge in [-0.2, -0.15) is 0 Å². The van der Waals surface area contributed by atoms with Crippen LogP contribution in [0.3, 0.4) is 0 Å². The van der Waals surface area contributed by atoms with E-state index in [-0.39, 0.29) is 35.8 Å².